The van der Waals surface area contributed by atoms with Gasteiger partial charge in [0.05, 0.1) is 23.2 Å². The lowest BCUT2D eigenvalue weighted by atomic mass is 9.75. The van der Waals surface area contributed by atoms with E-state index in [0.717, 1.165) is 18.2 Å². The molecular weight excluding hydrogens is 478 g/mol. The molecule has 2 aromatic rings. The van der Waals surface area contributed by atoms with E-state index in [1.807, 2.05) is 18.2 Å². The van der Waals surface area contributed by atoms with Gasteiger partial charge in [-0.2, -0.15) is 0 Å². The molecule has 0 radical (unpaired) electrons. The number of hydrogen-bond donors (Lipinski definition) is 2. The summed E-state index contributed by atoms with van der Waals surface area (Å²) in [6.07, 6.45) is 7.87. The maximum absolute atomic E-state index is 13.5. The van der Waals surface area contributed by atoms with Crippen LogP contribution < -0.4 is 10.6 Å². The van der Waals surface area contributed by atoms with Crippen molar-refractivity contribution in [1.29, 1.82) is 0 Å². The smallest absolute Gasteiger partial charge is 0.247 e. The molecule has 5 rings (SSSR count). The molecular formula is C28H24F2N4O3. The molecule has 188 valence electrons. The highest BCUT2D eigenvalue weighted by atomic mass is 19.1. The van der Waals surface area contributed by atoms with Crippen LogP contribution in [0.2, 0.25) is 0 Å². The summed E-state index contributed by atoms with van der Waals surface area (Å²) in [5, 5.41) is 5.52. The first-order valence-electron chi connectivity index (χ1n) is 11.9. The van der Waals surface area contributed by atoms with Crippen molar-refractivity contribution in [3.8, 4) is 0 Å². The van der Waals surface area contributed by atoms with E-state index < -0.39 is 40.6 Å². The van der Waals surface area contributed by atoms with Crippen LogP contribution in [0.1, 0.15) is 30.9 Å². The number of fused-ring (bicyclic) bond motifs is 1. The molecule has 2 aromatic carbocycles. The van der Waals surface area contributed by atoms with Crippen LogP contribution in [-0.4, -0.2) is 41.2 Å². The highest BCUT2D eigenvalue weighted by Gasteiger charge is 2.51. The van der Waals surface area contributed by atoms with Gasteiger partial charge in [0.1, 0.15) is 17.2 Å². The van der Waals surface area contributed by atoms with Crippen molar-refractivity contribution < 1.29 is 23.2 Å². The third-order valence-electron chi connectivity index (χ3n) is 6.70. The van der Waals surface area contributed by atoms with Crippen LogP contribution in [0.25, 0.3) is 0 Å². The number of benzene rings is 2. The van der Waals surface area contributed by atoms with Gasteiger partial charge in [-0.1, -0.05) is 36.4 Å². The third kappa shape index (κ3) is 4.89. The Hall–Kier alpha value is -4.27. The van der Waals surface area contributed by atoms with Crippen LogP contribution in [0.4, 0.5) is 14.5 Å². The lowest BCUT2D eigenvalue weighted by Gasteiger charge is -2.28. The Bertz CT molecular complexity index is 1400. The monoisotopic (exact) mass is 502 g/mol. The van der Waals surface area contributed by atoms with Crippen LogP contribution >= 0.6 is 0 Å². The zero-order valence-electron chi connectivity index (χ0n) is 20.0. The fraction of sp³-hybridized carbons (Fsp3) is 0.250. The summed E-state index contributed by atoms with van der Waals surface area (Å²) in [6.45, 7) is 1.77. The Morgan fingerprint density at radius 2 is 1.81 bits per heavy atom. The number of carbonyl (C=O) groups is 3. The minimum Gasteiger partial charge on any atom is -0.341 e. The Balaban J connectivity index is 1.36. The summed E-state index contributed by atoms with van der Waals surface area (Å²) >= 11 is 0. The Morgan fingerprint density at radius 1 is 1.08 bits per heavy atom. The molecule has 9 heteroatoms. The number of hydrogen-bond acceptors (Lipinski definition) is 5. The van der Waals surface area contributed by atoms with Gasteiger partial charge < -0.3 is 10.6 Å². The summed E-state index contributed by atoms with van der Waals surface area (Å²) in [6, 6.07) is 10.2. The quantitative estimate of drug-likeness (QED) is 0.632. The molecule has 7 nitrogen and oxygen atoms in total. The molecule has 1 unspecified atom stereocenters. The van der Waals surface area contributed by atoms with E-state index >= 15 is 0 Å². The van der Waals surface area contributed by atoms with Gasteiger partial charge in [0.25, 0.3) is 0 Å². The van der Waals surface area contributed by atoms with E-state index in [2.05, 4.69) is 15.6 Å². The van der Waals surface area contributed by atoms with Crippen molar-refractivity contribution in [3.63, 3.8) is 0 Å². The second-order valence-electron chi connectivity index (χ2n) is 9.56. The molecule has 0 saturated heterocycles. The van der Waals surface area contributed by atoms with Crippen LogP contribution in [0.3, 0.4) is 0 Å². The number of para-hydroxylation sites is 1. The number of amides is 2. The van der Waals surface area contributed by atoms with Gasteiger partial charge in [-0.15, -0.1) is 0 Å². The Morgan fingerprint density at radius 3 is 2.51 bits per heavy atom. The first kappa shape index (κ1) is 24.4. The maximum atomic E-state index is 13.5. The maximum Gasteiger partial charge on any atom is 0.247 e. The van der Waals surface area contributed by atoms with Gasteiger partial charge in [-0.05, 0) is 49.6 Å². The van der Waals surface area contributed by atoms with E-state index in [9.17, 15) is 23.2 Å². The SMILES string of the molecule is CC1(C2=N[C@H](NC(=O)C3(NC(=O)Cc4cc(F)cc(F)c4)CC3)C=Nc3ccccc32)C=CC=CC1=O. The van der Waals surface area contributed by atoms with E-state index in [1.165, 1.54) is 12.3 Å². The zero-order valence-corrected chi connectivity index (χ0v) is 20.0. The number of carbonyl (C=O) groups excluding carboxylic acids is 3. The van der Waals surface area contributed by atoms with Gasteiger partial charge in [-0.3, -0.25) is 24.4 Å². The highest BCUT2D eigenvalue weighted by molar-refractivity contribution is 6.24. The van der Waals surface area contributed by atoms with Crippen LogP contribution in [0, 0.1) is 17.0 Å². The fourth-order valence-electron chi connectivity index (χ4n) is 4.52. The average molecular weight is 503 g/mol. The van der Waals surface area contributed by atoms with Crippen LogP contribution in [-0.2, 0) is 20.8 Å². The summed E-state index contributed by atoms with van der Waals surface area (Å²) in [5.74, 6) is -2.68. The molecule has 2 atom stereocenters. The first-order valence-corrected chi connectivity index (χ1v) is 11.9. The van der Waals surface area contributed by atoms with Gasteiger partial charge in [0, 0.05) is 17.8 Å². The van der Waals surface area contributed by atoms with Crippen molar-refractivity contribution in [2.45, 2.75) is 37.9 Å². The largest absolute Gasteiger partial charge is 0.341 e. The fourth-order valence-corrected chi connectivity index (χ4v) is 4.52. The van der Waals surface area contributed by atoms with Crippen LogP contribution in [0.5, 0.6) is 0 Å². The molecule has 2 amide bonds. The lowest BCUT2D eigenvalue weighted by molar-refractivity contribution is -0.129. The Kier molecular flexibility index (Phi) is 6.15. The average Bonchev–Trinajstić information content (AvgIpc) is 3.64. The second-order valence-corrected chi connectivity index (χ2v) is 9.56. The van der Waals surface area contributed by atoms with E-state index in [4.69, 9.17) is 4.99 Å². The normalized spacial score (nSPS) is 23.1. The zero-order chi connectivity index (χ0) is 26.2. The number of halogens is 2. The second kappa shape index (κ2) is 9.31. The summed E-state index contributed by atoms with van der Waals surface area (Å²) in [7, 11) is 0. The van der Waals surface area contributed by atoms with Gasteiger partial charge in [0.2, 0.25) is 11.8 Å². The van der Waals surface area contributed by atoms with Crippen molar-refractivity contribution >= 4 is 35.2 Å². The van der Waals surface area contributed by atoms with E-state index in [1.54, 1.807) is 31.2 Å². The van der Waals surface area contributed by atoms with Crippen LogP contribution in [0.15, 0.2) is 76.8 Å². The molecule has 1 heterocycles. The molecule has 0 bridgehead atoms. The molecule has 1 saturated carbocycles. The molecule has 2 aliphatic carbocycles. The molecule has 0 aromatic heterocycles. The van der Waals surface area contributed by atoms with E-state index in [0.29, 0.717) is 29.8 Å². The minimum atomic E-state index is -1.14. The van der Waals surface area contributed by atoms with Crippen molar-refractivity contribution in [3.05, 3.63) is 89.5 Å². The highest BCUT2D eigenvalue weighted by Crippen LogP contribution is 2.37. The molecule has 1 fully saturated rings. The first-order chi connectivity index (χ1) is 17.7. The van der Waals surface area contributed by atoms with Crippen molar-refractivity contribution in [2.75, 3.05) is 0 Å². The Labute approximate surface area is 212 Å². The molecule has 37 heavy (non-hydrogen) atoms. The number of allylic oxidation sites excluding steroid dienone is 4. The standard InChI is InChI=1S/C28H24F2N4O3/c1-27(9-5-4-8-22(27)35)25-20-6-2-3-7-21(20)31-16-23(32-25)33-26(37)28(10-11-28)34-24(36)14-17-12-18(29)15-19(30)13-17/h2-9,12-13,15-16,23H,10-11,14H2,1H3,(H,33,37)(H,34,36)/t23-,27?/m1/s1. The third-order valence-corrected chi connectivity index (χ3v) is 6.70. The van der Waals surface area contributed by atoms with E-state index in [-0.39, 0.29) is 17.8 Å². The molecule has 0 spiro atoms. The summed E-state index contributed by atoms with van der Waals surface area (Å²) < 4.78 is 27.0. The van der Waals surface area contributed by atoms with Gasteiger partial charge in [0.15, 0.2) is 11.9 Å². The number of nitrogens with one attached hydrogen (secondary N) is 2. The van der Waals surface area contributed by atoms with Crippen molar-refractivity contribution in [2.24, 2.45) is 15.4 Å². The van der Waals surface area contributed by atoms with Gasteiger partial charge >= 0.3 is 0 Å². The molecule has 3 aliphatic rings. The number of aliphatic imine (C=N–C) groups is 2. The molecule has 2 N–H and O–H groups in total. The number of rotatable bonds is 6. The molecule has 1 aliphatic heterocycles. The minimum absolute atomic E-state index is 0.143. The number of nitrogens with zero attached hydrogens (tertiary/aromatic N) is 2. The topological polar surface area (TPSA) is 100.0 Å². The predicted molar refractivity (Wildman–Crippen MR) is 135 cm³/mol. The summed E-state index contributed by atoms with van der Waals surface area (Å²) in [5.41, 5.74) is -0.249. The van der Waals surface area contributed by atoms with Gasteiger partial charge in [-0.25, -0.2) is 8.78 Å². The predicted octanol–water partition coefficient (Wildman–Crippen LogP) is 3.51. The van der Waals surface area contributed by atoms with Crippen molar-refractivity contribution in [1.82, 2.24) is 10.6 Å². The lowest BCUT2D eigenvalue weighted by Crippen LogP contribution is -2.52. The summed E-state index contributed by atoms with van der Waals surface area (Å²) in [4.78, 5) is 48.0. The number of ketones is 1.